The standard InChI is InChI=1S/C10H21NO.C8H15N/c1-9(12)11-8-6-5-7-10(2,3)4;1-8(2,3)6-4-5-7-9/h5-8H2,1-4H3,(H,11,12);4-6H2,1-3H3. The molecular weight excluding hydrogens is 260 g/mol. The number of carbonyl (C=O) groups excluding carboxylic acids is 1. The molecular formula is C18H36N2O. The molecule has 0 saturated heterocycles. The number of carbonyl (C=O) groups is 1. The van der Waals surface area contributed by atoms with Crippen molar-refractivity contribution in [1.82, 2.24) is 5.32 Å². The molecule has 0 unspecified atom stereocenters. The van der Waals surface area contributed by atoms with Crippen molar-refractivity contribution in [2.75, 3.05) is 6.54 Å². The lowest BCUT2D eigenvalue weighted by Crippen LogP contribution is -2.21. The normalized spacial score (nSPS) is 11.1. The summed E-state index contributed by atoms with van der Waals surface area (Å²) >= 11 is 0. The summed E-state index contributed by atoms with van der Waals surface area (Å²) in [5.41, 5.74) is 0.826. The predicted molar refractivity (Wildman–Crippen MR) is 90.9 cm³/mol. The summed E-state index contributed by atoms with van der Waals surface area (Å²) in [6, 6.07) is 2.14. The van der Waals surface area contributed by atoms with Crippen molar-refractivity contribution in [1.29, 1.82) is 5.26 Å². The fraction of sp³-hybridized carbons (Fsp3) is 0.889. The van der Waals surface area contributed by atoms with Crippen LogP contribution in [-0.2, 0) is 4.79 Å². The van der Waals surface area contributed by atoms with Gasteiger partial charge in [-0.3, -0.25) is 4.79 Å². The Kier molecular flexibility index (Phi) is 12.3. The topological polar surface area (TPSA) is 52.9 Å². The first-order valence-electron chi connectivity index (χ1n) is 8.09. The molecule has 1 N–H and O–H groups in total. The van der Waals surface area contributed by atoms with Gasteiger partial charge in [0.1, 0.15) is 0 Å². The van der Waals surface area contributed by atoms with Gasteiger partial charge in [-0.2, -0.15) is 5.26 Å². The zero-order chi connectivity index (χ0) is 16.9. The summed E-state index contributed by atoms with van der Waals surface area (Å²) in [5, 5.41) is 11.0. The maximum Gasteiger partial charge on any atom is 0.216 e. The Bertz CT molecular complexity index is 303. The van der Waals surface area contributed by atoms with E-state index < -0.39 is 0 Å². The number of nitriles is 1. The van der Waals surface area contributed by atoms with Gasteiger partial charge in [-0.25, -0.2) is 0 Å². The molecule has 0 heterocycles. The molecule has 0 bridgehead atoms. The first kappa shape index (κ1) is 22.2. The van der Waals surface area contributed by atoms with E-state index in [-0.39, 0.29) is 5.91 Å². The van der Waals surface area contributed by atoms with Crippen LogP contribution in [0, 0.1) is 22.2 Å². The highest BCUT2D eigenvalue weighted by Gasteiger charge is 2.08. The summed E-state index contributed by atoms with van der Waals surface area (Å²) in [6.45, 7) is 15.7. The summed E-state index contributed by atoms with van der Waals surface area (Å²) in [6.07, 6.45) is 6.42. The Balaban J connectivity index is 0. The second-order valence-electron chi connectivity index (χ2n) is 8.07. The molecule has 0 spiro atoms. The van der Waals surface area contributed by atoms with Gasteiger partial charge in [-0.15, -0.1) is 0 Å². The van der Waals surface area contributed by atoms with Crippen LogP contribution in [-0.4, -0.2) is 12.5 Å². The van der Waals surface area contributed by atoms with Gasteiger partial charge in [0, 0.05) is 19.9 Å². The summed E-state index contributed by atoms with van der Waals surface area (Å²) in [7, 11) is 0. The average molecular weight is 296 g/mol. The molecule has 3 nitrogen and oxygen atoms in total. The van der Waals surface area contributed by atoms with Gasteiger partial charge in [0.05, 0.1) is 6.07 Å². The fourth-order valence-corrected chi connectivity index (χ4v) is 1.74. The number of unbranched alkanes of at least 4 members (excludes halogenated alkanes) is 2. The molecule has 0 saturated carbocycles. The third-order valence-electron chi connectivity index (χ3n) is 2.94. The number of nitrogens with zero attached hydrogens (tertiary/aromatic N) is 1. The molecule has 1 amide bonds. The van der Waals surface area contributed by atoms with Crippen LogP contribution in [0.3, 0.4) is 0 Å². The molecule has 0 aromatic rings. The molecule has 0 rings (SSSR count). The molecule has 0 atom stereocenters. The van der Waals surface area contributed by atoms with Crippen LogP contribution < -0.4 is 5.32 Å². The Morgan fingerprint density at radius 1 is 0.952 bits per heavy atom. The molecule has 0 fully saturated rings. The van der Waals surface area contributed by atoms with Crippen molar-refractivity contribution >= 4 is 5.91 Å². The van der Waals surface area contributed by atoms with E-state index in [4.69, 9.17) is 5.26 Å². The molecule has 0 aromatic carbocycles. The van der Waals surface area contributed by atoms with Crippen molar-refractivity contribution in [3.63, 3.8) is 0 Å². The zero-order valence-corrected chi connectivity index (χ0v) is 15.3. The second kappa shape index (κ2) is 11.6. The minimum atomic E-state index is 0.0748. The van der Waals surface area contributed by atoms with Crippen molar-refractivity contribution in [3.8, 4) is 6.07 Å². The minimum Gasteiger partial charge on any atom is -0.356 e. The largest absolute Gasteiger partial charge is 0.356 e. The highest BCUT2D eigenvalue weighted by Crippen LogP contribution is 2.21. The SMILES string of the molecule is CC(=O)NCCCCC(C)(C)C.CC(C)(C)CCCC#N. The number of hydrogen-bond acceptors (Lipinski definition) is 2. The van der Waals surface area contributed by atoms with Gasteiger partial charge in [0.25, 0.3) is 0 Å². The number of nitrogens with one attached hydrogen (secondary N) is 1. The molecule has 0 radical (unpaired) electrons. The van der Waals surface area contributed by atoms with Crippen LogP contribution in [0.4, 0.5) is 0 Å². The smallest absolute Gasteiger partial charge is 0.216 e. The molecule has 124 valence electrons. The highest BCUT2D eigenvalue weighted by atomic mass is 16.1. The lowest BCUT2D eigenvalue weighted by atomic mass is 9.90. The average Bonchev–Trinajstić information content (AvgIpc) is 2.26. The fourth-order valence-electron chi connectivity index (χ4n) is 1.74. The minimum absolute atomic E-state index is 0.0748. The van der Waals surface area contributed by atoms with E-state index in [1.807, 2.05) is 0 Å². The Morgan fingerprint density at radius 3 is 1.81 bits per heavy atom. The lowest BCUT2D eigenvalue weighted by Gasteiger charge is -2.17. The zero-order valence-electron chi connectivity index (χ0n) is 15.3. The van der Waals surface area contributed by atoms with E-state index in [2.05, 4.69) is 52.9 Å². The summed E-state index contributed by atoms with van der Waals surface area (Å²) in [5.74, 6) is 0.0748. The Labute approximate surface area is 132 Å². The van der Waals surface area contributed by atoms with E-state index in [9.17, 15) is 4.79 Å². The molecule has 0 aromatic heterocycles. The van der Waals surface area contributed by atoms with E-state index in [1.54, 1.807) is 6.92 Å². The van der Waals surface area contributed by atoms with Gasteiger partial charge in [0.2, 0.25) is 5.91 Å². The van der Waals surface area contributed by atoms with Crippen LogP contribution in [0.25, 0.3) is 0 Å². The highest BCUT2D eigenvalue weighted by molar-refractivity contribution is 5.72. The van der Waals surface area contributed by atoms with Crippen molar-refractivity contribution in [2.45, 2.75) is 87.0 Å². The van der Waals surface area contributed by atoms with Crippen molar-refractivity contribution in [2.24, 2.45) is 10.8 Å². The quantitative estimate of drug-likeness (QED) is 0.696. The molecule has 3 heteroatoms. The predicted octanol–water partition coefficient (Wildman–Crippen LogP) is 5.07. The van der Waals surface area contributed by atoms with Crippen molar-refractivity contribution < 1.29 is 4.79 Å². The van der Waals surface area contributed by atoms with E-state index in [1.165, 1.54) is 12.8 Å². The Hall–Kier alpha value is -1.04. The maximum absolute atomic E-state index is 10.5. The van der Waals surface area contributed by atoms with Crippen LogP contribution >= 0.6 is 0 Å². The van der Waals surface area contributed by atoms with Crippen molar-refractivity contribution in [3.05, 3.63) is 0 Å². The summed E-state index contributed by atoms with van der Waals surface area (Å²) < 4.78 is 0. The van der Waals surface area contributed by atoms with Crippen LogP contribution in [0.2, 0.25) is 0 Å². The van der Waals surface area contributed by atoms with E-state index in [0.717, 1.165) is 25.8 Å². The maximum atomic E-state index is 10.5. The van der Waals surface area contributed by atoms with Gasteiger partial charge < -0.3 is 5.32 Å². The van der Waals surface area contributed by atoms with E-state index in [0.29, 0.717) is 17.3 Å². The molecule has 21 heavy (non-hydrogen) atoms. The third-order valence-corrected chi connectivity index (χ3v) is 2.94. The van der Waals surface area contributed by atoms with Crippen LogP contribution in [0.1, 0.15) is 87.0 Å². The molecule has 0 aliphatic rings. The summed E-state index contributed by atoms with van der Waals surface area (Å²) in [4.78, 5) is 10.5. The van der Waals surface area contributed by atoms with Crippen LogP contribution in [0.15, 0.2) is 0 Å². The van der Waals surface area contributed by atoms with Crippen LogP contribution in [0.5, 0.6) is 0 Å². The number of rotatable bonds is 6. The second-order valence-corrected chi connectivity index (χ2v) is 8.07. The number of hydrogen-bond donors (Lipinski definition) is 1. The van der Waals surface area contributed by atoms with Gasteiger partial charge in [-0.1, -0.05) is 48.0 Å². The number of amides is 1. The van der Waals surface area contributed by atoms with Gasteiger partial charge in [0.15, 0.2) is 0 Å². The molecule has 0 aliphatic carbocycles. The van der Waals surface area contributed by atoms with E-state index >= 15 is 0 Å². The third kappa shape index (κ3) is 28.0. The first-order chi connectivity index (χ1) is 9.48. The monoisotopic (exact) mass is 296 g/mol. The lowest BCUT2D eigenvalue weighted by molar-refractivity contribution is -0.118. The molecule has 0 aliphatic heterocycles. The first-order valence-corrected chi connectivity index (χ1v) is 8.09. The van der Waals surface area contributed by atoms with Gasteiger partial charge in [-0.05, 0) is 36.5 Å². The Morgan fingerprint density at radius 2 is 1.43 bits per heavy atom. The van der Waals surface area contributed by atoms with Gasteiger partial charge >= 0.3 is 0 Å².